The van der Waals surface area contributed by atoms with Gasteiger partial charge in [-0.1, -0.05) is 27.7 Å². The summed E-state index contributed by atoms with van der Waals surface area (Å²) in [5, 5.41) is 3.71. The molecule has 0 bridgehead atoms. The predicted octanol–water partition coefficient (Wildman–Crippen LogP) is 3.13. The van der Waals surface area contributed by atoms with E-state index in [4.69, 9.17) is 0 Å². The van der Waals surface area contributed by atoms with Gasteiger partial charge in [0.15, 0.2) is 0 Å². The second-order valence-corrected chi connectivity index (χ2v) is 6.28. The summed E-state index contributed by atoms with van der Waals surface area (Å²) in [7, 11) is 0. The smallest absolute Gasteiger partial charge is 0.0218 e. The van der Waals surface area contributed by atoms with Crippen LogP contribution in [-0.4, -0.2) is 36.6 Å². The monoisotopic (exact) mass is 240 g/mol. The fourth-order valence-electron chi connectivity index (χ4n) is 2.82. The van der Waals surface area contributed by atoms with E-state index < -0.39 is 0 Å². The average Bonchev–Trinajstić information content (AvgIpc) is 2.26. The largest absolute Gasteiger partial charge is 0.312 e. The topological polar surface area (TPSA) is 15.3 Å². The quantitative estimate of drug-likeness (QED) is 0.767. The first-order chi connectivity index (χ1) is 8.04. The van der Waals surface area contributed by atoms with E-state index in [-0.39, 0.29) is 0 Å². The maximum Gasteiger partial charge on any atom is 0.0218 e. The van der Waals surface area contributed by atoms with Gasteiger partial charge in [-0.05, 0) is 51.1 Å². The lowest BCUT2D eigenvalue weighted by molar-refractivity contribution is 0.108. The highest BCUT2D eigenvalue weighted by atomic mass is 15.2. The molecule has 1 rings (SSSR count). The average molecular weight is 240 g/mol. The third-order valence-electron chi connectivity index (χ3n) is 4.17. The second kappa shape index (κ2) is 7.38. The normalized spacial score (nSPS) is 28.6. The molecule has 1 aliphatic rings. The van der Waals surface area contributed by atoms with E-state index in [1.807, 2.05) is 0 Å². The van der Waals surface area contributed by atoms with Crippen molar-refractivity contribution < 1.29 is 0 Å². The predicted molar refractivity (Wildman–Crippen MR) is 76.4 cm³/mol. The first-order valence-corrected chi connectivity index (χ1v) is 7.52. The fraction of sp³-hybridized carbons (Fsp3) is 1.00. The van der Waals surface area contributed by atoms with Gasteiger partial charge in [0.2, 0.25) is 0 Å². The highest BCUT2D eigenvalue weighted by Crippen LogP contribution is 2.22. The zero-order chi connectivity index (χ0) is 12.8. The number of nitrogens with zero attached hydrogens (tertiary/aromatic N) is 1. The van der Waals surface area contributed by atoms with Crippen LogP contribution in [0.3, 0.4) is 0 Å². The molecule has 0 saturated carbocycles. The molecule has 0 aliphatic carbocycles. The number of piperidine rings is 1. The van der Waals surface area contributed by atoms with Crippen LogP contribution in [0.5, 0.6) is 0 Å². The Morgan fingerprint density at radius 2 is 2.00 bits per heavy atom. The summed E-state index contributed by atoms with van der Waals surface area (Å²) in [6, 6.07) is 1.43. The van der Waals surface area contributed by atoms with Gasteiger partial charge in [-0.2, -0.15) is 0 Å². The molecule has 2 nitrogen and oxygen atoms in total. The maximum absolute atomic E-state index is 3.71. The Morgan fingerprint density at radius 3 is 2.53 bits per heavy atom. The minimum absolute atomic E-state index is 0.658. The van der Waals surface area contributed by atoms with E-state index in [1.54, 1.807) is 0 Å². The van der Waals surface area contributed by atoms with Gasteiger partial charge in [-0.3, -0.25) is 4.90 Å². The van der Waals surface area contributed by atoms with Gasteiger partial charge < -0.3 is 5.32 Å². The lowest BCUT2D eigenvalue weighted by atomic mass is 9.92. The lowest BCUT2D eigenvalue weighted by Crippen LogP contribution is -2.49. The molecular weight excluding hydrogens is 208 g/mol. The van der Waals surface area contributed by atoms with Gasteiger partial charge in [0.25, 0.3) is 0 Å². The standard InChI is InChI=1S/C15H32N2/c1-6-8-16-15(12(2)3)11-17-9-7-13(4)10-14(17)5/h12-16H,6-11H2,1-5H3. The molecule has 3 atom stereocenters. The second-order valence-electron chi connectivity index (χ2n) is 6.28. The Morgan fingerprint density at radius 1 is 1.29 bits per heavy atom. The molecule has 0 aromatic carbocycles. The van der Waals surface area contributed by atoms with Crippen molar-refractivity contribution in [1.29, 1.82) is 0 Å². The minimum Gasteiger partial charge on any atom is -0.312 e. The molecule has 1 heterocycles. The van der Waals surface area contributed by atoms with Crippen molar-refractivity contribution >= 4 is 0 Å². The van der Waals surface area contributed by atoms with Gasteiger partial charge in [0, 0.05) is 18.6 Å². The summed E-state index contributed by atoms with van der Waals surface area (Å²) in [6.45, 7) is 15.4. The summed E-state index contributed by atoms with van der Waals surface area (Å²) in [5.74, 6) is 1.65. The molecule has 1 N–H and O–H groups in total. The van der Waals surface area contributed by atoms with Crippen LogP contribution in [0.15, 0.2) is 0 Å². The fourth-order valence-corrected chi connectivity index (χ4v) is 2.82. The Balaban J connectivity index is 2.43. The molecule has 0 amide bonds. The third-order valence-corrected chi connectivity index (χ3v) is 4.17. The van der Waals surface area contributed by atoms with E-state index in [9.17, 15) is 0 Å². The van der Waals surface area contributed by atoms with Crippen LogP contribution >= 0.6 is 0 Å². The van der Waals surface area contributed by atoms with E-state index in [2.05, 4.69) is 44.8 Å². The first kappa shape index (κ1) is 15.0. The van der Waals surface area contributed by atoms with Crippen molar-refractivity contribution in [3.63, 3.8) is 0 Å². The Labute approximate surface area is 108 Å². The number of hydrogen-bond donors (Lipinski definition) is 1. The highest BCUT2D eigenvalue weighted by Gasteiger charge is 2.25. The van der Waals surface area contributed by atoms with Crippen LogP contribution in [0.2, 0.25) is 0 Å². The molecule has 1 saturated heterocycles. The van der Waals surface area contributed by atoms with Gasteiger partial charge in [0.05, 0.1) is 0 Å². The molecule has 17 heavy (non-hydrogen) atoms. The van der Waals surface area contributed by atoms with Crippen LogP contribution in [-0.2, 0) is 0 Å². The van der Waals surface area contributed by atoms with Crippen molar-refractivity contribution in [3.8, 4) is 0 Å². The molecule has 2 heteroatoms. The molecular formula is C15H32N2. The summed E-state index contributed by atoms with van der Waals surface area (Å²) >= 11 is 0. The number of likely N-dealkylation sites (tertiary alicyclic amines) is 1. The zero-order valence-corrected chi connectivity index (χ0v) is 12.5. The van der Waals surface area contributed by atoms with Gasteiger partial charge in [-0.25, -0.2) is 0 Å². The lowest BCUT2D eigenvalue weighted by Gasteiger charge is -2.39. The maximum atomic E-state index is 3.71. The van der Waals surface area contributed by atoms with E-state index >= 15 is 0 Å². The van der Waals surface area contributed by atoms with Crippen LogP contribution in [0.25, 0.3) is 0 Å². The number of nitrogens with one attached hydrogen (secondary N) is 1. The Bertz CT molecular complexity index is 201. The first-order valence-electron chi connectivity index (χ1n) is 7.52. The van der Waals surface area contributed by atoms with Crippen molar-refractivity contribution in [2.45, 2.75) is 66.0 Å². The summed E-state index contributed by atoms with van der Waals surface area (Å²) in [5.41, 5.74) is 0. The van der Waals surface area contributed by atoms with Gasteiger partial charge in [0.1, 0.15) is 0 Å². The van der Waals surface area contributed by atoms with Gasteiger partial charge >= 0.3 is 0 Å². The van der Waals surface area contributed by atoms with Crippen LogP contribution in [0.1, 0.15) is 53.9 Å². The molecule has 3 unspecified atom stereocenters. The van der Waals surface area contributed by atoms with Gasteiger partial charge in [-0.15, -0.1) is 0 Å². The Hall–Kier alpha value is -0.0800. The van der Waals surface area contributed by atoms with Crippen LogP contribution in [0.4, 0.5) is 0 Å². The van der Waals surface area contributed by atoms with Crippen LogP contribution in [0, 0.1) is 11.8 Å². The summed E-state index contributed by atoms with van der Waals surface area (Å²) < 4.78 is 0. The van der Waals surface area contributed by atoms with Crippen molar-refractivity contribution in [3.05, 3.63) is 0 Å². The summed E-state index contributed by atoms with van der Waals surface area (Å²) in [6.07, 6.45) is 3.98. The van der Waals surface area contributed by atoms with Crippen molar-refractivity contribution in [1.82, 2.24) is 10.2 Å². The third kappa shape index (κ3) is 4.97. The molecule has 1 aliphatic heterocycles. The summed E-state index contributed by atoms with van der Waals surface area (Å²) in [4.78, 5) is 2.69. The van der Waals surface area contributed by atoms with E-state index in [0.717, 1.165) is 24.4 Å². The van der Waals surface area contributed by atoms with Crippen LogP contribution < -0.4 is 5.32 Å². The van der Waals surface area contributed by atoms with Crippen molar-refractivity contribution in [2.75, 3.05) is 19.6 Å². The van der Waals surface area contributed by atoms with E-state index in [0.29, 0.717) is 6.04 Å². The van der Waals surface area contributed by atoms with E-state index in [1.165, 1.54) is 32.4 Å². The number of hydrogen-bond acceptors (Lipinski definition) is 2. The Kier molecular flexibility index (Phi) is 6.50. The molecule has 102 valence electrons. The molecule has 0 radical (unpaired) electrons. The minimum atomic E-state index is 0.658. The molecule has 0 aromatic heterocycles. The molecule has 0 spiro atoms. The highest BCUT2D eigenvalue weighted by molar-refractivity contribution is 4.82. The molecule has 0 aromatic rings. The zero-order valence-electron chi connectivity index (χ0n) is 12.5. The molecule has 1 fully saturated rings. The number of rotatable bonds is 6. The van der Waals surface area contributed by atoms with Crippen molar-refractivity contribution in [2.24, 2.45) is 11.8 Å². The SMILES string of the molecule is CCCNC(CN1CCC(C)CC1C)C(C)C.